The van der Waals surface area contributed by atoms with Crippen LogP contribution in [0, 0.1) is 20.8 Å². The highest BCUT2D eigenvalue weighted by atomic mass is 16.1. The number of nitrogens with one attached hydrogen (secondary N) is 1. The van der Waals surface area contributed by atoms with Gasteiger partial charge in [0.2, 0.25) is 0 Å². The number of rotatable bonds is 3. The average Bonchev–Trinajstić information content (AvgIpc) is 2.70. The van der Waals surface area contributed by atoms with Gasteiger partial charge in [0, 0.05) is 16.6 Å². The zero-order valence-corrected chi connectivity index (χ0v) is 16.3. The highest BCUT2D eigenvalue weighted by Crippen LogP contribution is 2.27. The summed E-state index contributed by atoms with van der Waals surface area (Å²) in [5, 5.41) is 3.96. The molecule has 3 aromatic carbocycles. The Bertz CT molecular complexity index is 1160. The molecule has 3 heteroatoms. The van der Waals surface area contributed by atoms with Crippen LogP contribution >= 0.6 is 0 Å². The molecule has 1 N–H and O–H groups in total. The van der Waals surface area contributed by atoms with Crippen LogP contribution in [-0.4, -0.2) is 10.9 Å². The molecule has 0 saturated heterocycles. The number of nitrogens with zero attached hydrogens (tertiary/aromatic N) is 1. The lowest BCUT2D eigenvalue weighted by molar-refractivity contribution is 0.102. The normalized spacial score (nSPS) is 10.8. The highest BCUT2D eigenvalue weighted by Gasteiger charge is 2.15. The highest BCUT2D eigenvalue weighted by molar-refractivity contribution is 6.13. The number of benzene rings is 3. The summed E-state index contributed by atoms with van der Waals surface area (Å²) in [6.45, 7) is 6.07. The Labute approximate surface area is 165 Å². The van der Waals surface area contributed by atoms with Crippen LogP contribution in [0.2, 0.25) is 0 Å². The molecule has 0 aliphatic carbocycles. The molecule has 0 aliphatic rings. The molecule has 1 heterocycles. The lowest BCUT2D eigenvalue weighted by Crippen LogP contribution is -2.14. The van der Waals surface area contributed by atoms with Crippen LogP contribution in [0.3, 0.4) is 0 Å². The molecule has 1 amide bonds. The number of fused-ring (bicyclic) bond motifs is 1. The number of para-hydroxylation sites is 2. The number of anilines is 1. The van der Waals surface area contributed by atoms with Crippen LogP contribution in [0.15, 0.2) is 72.8 Å². The Morgan fingerprint density at radius 1 is 0.821 bits per heavy atom. The predicted molar refractivity (Wildman–Crippen MR) is 116 cm³/mol. The van der Waals surface area contributed by atoms with Crippen molar-refractivity contribution in [2.24, 2.45) is 0 Å². The first-order chi connectivity index (χ1) is 13.5. The molecular formula is C25H22N2O. The summed E-state index contributed by atoms with van der Waals surface area (Å²) >= 11 is 0. The van der Waals surface area contributed by atoms with Crippen LogP contribution in [0.4, 0.5) is 5.69 Å². The van der Waals surface area contributed by atoms with E-state index in [1.165, 1.54) is 5.56 Å². The average molecular weight is 366 g/mol. The third-order valence-electron chi connectivity index (χ3n) is 5.03. The first-order valence-electron chi connectivity index (χ1n) is 9.37. The zero-order chi connectivity index (χ0) is 19.7. The molecule has 0 atom stereocenters. The summed E-state index contributed by atoms with van der Waals surface area (Å²) in [5.41, 5.74) is 7.39. The van der Waals surface area contributed by atoms with Gasteiger partial charge in [0.1, 0.15) is 0 Å². The van der Waals surface area contributed by atoms with Gasteiger partial charge in [0.15, 0.2) is 0 Å². The fourth-order valence-electron chi connectivity index (χ4n) is 3.43. The van der Waals surface area contributed by atoms with Crippen LogP contribution in [0.25, 0.3) is 22.2 Å². The maximum atomic E-state index is 13.2. The first kappa shape index (κ1) is 17.9. The Kier molecular flexibility index (Phi) is 4.66. The summed E-state index contributed by atoms with van der Waals surface area (Å²) < 4.78 is 0. The van der Waals surface area contributed by atoms with E-state index in [4.69, 9.17) is 4.98 Å². The summed E-state index contributed by atoms with van der Waals surface area (Å²) in [4.78, 5) is 18.0. The Morgan fingerprint density at radius 3 is 2.21 bits per heavy atom. The van der Waals surface area contributed by atoms with E-state index < -0.39 is 0 Å². The minimum Gasteiger partial charge on any atom is -0.321 e. The third kappa shape index (κ3) is 3.39. The van der Waals surface area contributed by atoms with Gasteiger partial charge in [-0.3, -0.25) is 4.79 Å². The van der Waals surface area contributed by atoms with Gasteiger partial charge in [-0.05, 0) is 44.0 Å². The number of hydrogen-bond acceptors (Lipinski definition) is 2. The molecule has 1 aromatic heterocycles. The van der Waals surface area contributed by atoms with E-state index >= 15 is 0 Å². The minimum absolute atomic E-state index is 0.121. The monoisotopic (exact) mass is 366 g/mol. The molecule has 4 aromatic rings. The number of pyridine rings is 1. The van der Waals surface area contributed by atoms with Crippen LogP contribution in [0.5, 0.6) is 0 Å². The van der Waals surface area contributed by atoms with Gasteiger partial charge in [-0.25, -0.2) is 4.98 Å². The molecule has 138 valence electrons. The molecular weight excluding hydrogens is 344 g/mol. The third-order valence-corrected chi connectivity index (χ3v) is 5.03. The fraction of sp³-hybridized carbons (Fsp3) is 0.120. The second-order valence-electron chi connectivity index (χ2n) is 7.16. The van der Waals surface area contributed by atoms with Crippen LogP contribution < -0.4 is 5.32 Å². The Hall–Kier alpha value is -3.46. The molecule has 0 radical (unpaired) electrons. The van der Waals surface area contributed by atoms with E-state index in [-0.39, 0.29) is 5.91 Å². The smallest absolute Gasteiger partial charge is 0.256 e. The molecule has 4 rings (SSSR count). The predicted octanol–water partition coefficient (Wildman–Crippen LogP) is 6.08. The van der Waals surface area contributed by atoms with Crippen LogP contribution in [-0.2, 0) is 0 Å². The largest absolute Gasteiger partial charge is 0.321 e. The number of aryl methyl sites for hydroxylation is 3. The lowest BCUT2D eigenvalue weighted by Gasteiger charge is -2.14. The van der Waals surface area contributed by atoms with E-state index in [1.807, 2.05) is 74.5 Å². The van der Waals surface area contributed by atoms with Gasteiger partial charge in [0.25, 0.3) is 5.91 Å². The second kappa shape index (κ2) is 7.28. The van der Waals surface area contributed by atoms with E-state index in [0.717, 1.165) is 39.0 Å². The van der Waals surface area contributed by atoms with Gasteiger partial charge < -0.3 is 5.32 Å². The minimum atomic E-state index is -0.121. The number of hydrogen-bond donors (Lipinski definition) is 1. The van der Waals surface area contributed by atoms with Gasteiger partial charge in [0.05, 0.1) is 16.8 Å². The van der Waals surface area contributed by atoms with Crippen molar-refractivity contribution in [1.29, 1.82) is 0 Å². The Morgan fingerprint density at radius 2 is 1.50 bits per heavy atom. The van der Waals surface area contributed by atoms with Crippen molar-refractivity contribution in [3.63, 3.8) is 0 Å². The molecule has 3 nitrogen and oxygen atoms in total. The van der Waals surface area contributed by atoms with Gasteiger partial charge in [-0.2, -0.15) is 0 Å². The molecule has 0 fully saturated rings. The number of amides is 1. The van der Waals surface area contributed by atoms with Crippen molar-refractivity contribution in [3.05, 3.63) is 95.1 Å². The van der Waals surface area contributed by atoms with Crippen molar-refractivity contribution in [2.45, 2.75) is 20.8 Å². The molecule has 0 bridgehead atoms. The quantitative estimate of drug-likeness (QED) is 0.477. The number of carbonyl (C=O) groups is 1. The first-order valence-corrected chi connectivity index (χ1v) is 9.37. The molecule has 0 saturated carbocycles. The van der Waals surface area contributed by atoms with Gasteiger partial charge in [-0.1, -0.05) is 66.2 Å². The van der Waals surface area contributed by atoms with E-state index in [1.54, 1.807) is 0 Å². The van der Waals surface area contributed by atoms with E-state index in [2.05, 4.69) is 24.4 Å². The number of aromatic nitrogens is 1. The molecule has 0 spiro atoms. The summed E-state index contributed by atoms with van der Waals surface area (Å²) in [6, 6.07) is 23.9. The van der Waals surface area contributed by atoms with Crippen molar-refractivity contribution in [3.8, 4) is 11.3 Å². The topological polar surface area (TPSA) is 42.0 Å². The SMILES string of the molecule is Cc1ccc(-c2cc(C(=O)Nc3c(C)cccc3C)c3ccccc3n2)cc1. The lowest BCUT2D eigenvalue weighted by atomic mass is 10.0. The zero-order valence-electron chi connectivity index (χ0n) is 16.3. The second-order valence-corrected chi connectivity index (χ2v) is 7.16. The van der Waals surface area contributed by atoms with Crippen LogP contribution in [0.1, 0.15) is 27.0 Å². The van der Waals surface area contributed by atoms with Crippen molar-refractivity contribution >= 4 is 22.5 Å². The van der Waals surface area contributed by atoms with E-state index in [9.17, 15) is 4.79 Å². The molecule has 0 unspecified atom stereocenters. The Balaban J connectivity index is 1.83. The number of carbonyl (C=O) groups excluding carboxylic acids is 1. The molecule has 0 aliphatic heterocycles. The standard InChI is InChI=1S/C25H22N2O/c1-16-11-13-19(14-12-16)23-15-21(20-9-4-5-10-22(20)26-23)25(28)27-24-17(2)7-6-8-18(24)3/h4-15H,1-3H3,(H,27,28). The fourth-order valence-corrected chi connectivity index (χ4v) is 3.43. The van der Waals surface area contributed by atoms with Gasteiger partial charge in [-0.15, -0.1) is 0 Å². The van der Waals surface area contributed by atoms with E-state index in [0.29, 0.717) is 5.56 Å². The molecule has 28 heavy (non-hydrogen) atoms. The van der Waals surface area contributed by atoms with Gasteiger partial charge >= 0.3 is 0 Å². The summed E-state index contributed by atoms with van der Waals surface area (Å²) in [7, 11) is 0. The van der Waals surface area contributed by atoms with Crippen molar-refractivity contribution in [1.82, 2.24) is 4.98 Å². The summed E-state index contributed by atoms with van der Waals surface area (Å²) in [6.07, 6.45) is 0. The van der Waals surface area contributed by atoms with Crippen molar-refractivity contribution in [2.75, 3.05) is 5.32 Å². The summed E-state index contributed by atoms with van der Waals surface area (Å²) in [5.74, 6) is -0.121. The maximum absolute atomic E-state index is 13.2. The van der Waals surface area contributed by atoms with Crippen molar-refractivity contribution < 1.29 is 4.79 Å². The maximum Gasteiger partial charge on any atom is 0.256 e.